The molecule has 3 heterocycles. The van der Waals surface area contributed by atoms with Crippen LogP contribution in [0.3, 0.4) is 0 Å². The van der Waals surface area contributed by atoms with E-state index in [9.17, 15) is 9.59 Å². The van der Waals surface area contributed by atoms with Gasteiger partial charge in [-0.25, -0.2) is 4.79 Å². The molecule has 118 valence electrons. The molecule has 2 saturated heterocycles. The van der Waals surface area contributed by atoms with Crippen molar-refractivity contribution in [2.45, 2.75) is 6.04 Å². The van der Waals surface area contributed by atoms with Gasteiger partial charge in [-0.15, -0.1) is 0 Å². The summed E-state index contributed by atoms with van der Waals surface area (Å²) in [5, 5.41) is 3.97. The number of carbonyl (C=O) groups is 2. The molecule has 1 unspecified atom stereocenters. The maximum atomic E-state index is 12.8. The fraction of sp³-hybridized carbons (Fsp3) is 0.312. The van der Waals surface area contributed by atoms with Crippen LogP contribution in [-0.4, -0.2) is 59.2 Å². The number of ether oxygens (including phenoxy) is 1. The van der Waals surface area contributed by atoms with Crippen LogP contribution in [0.25, 0.3) is 11.3 Å². The maximum Gasteiger partial charge on any atom is 0.410 e. The van der Waals surface area contributed by atoms with Gasteiger partial charge in [-0.05, 0) is 0 Å². The summed E-state index contributed by atoms with van der Waals surface area (Å²) >= 11 is 0. The first-order valence-electron chi connectivity index (χ1n) is 7.46. The average molecular weight is 313 g/mol. The van der Waals surface area contributed by atoms with E-state index >= 15 is 0 Å². The summed E-state index contributed by atoms with van der Waals surface area (Å²) in [6.07, 6.45) is 1.09. The number of rotatable bonds is 2. The van der Waals surface area contributed by atoms with E-state index in [1.807, 2.05) is 30.3 Å². The monoisotopic (exact) mass is 313 g/mol. The van der Waals surface area contributed by atoms with E-state index in [0.29, 0.717) is 37.5 Å². The van der Waals surface area contributed by atoms with Gasteiger partial charge in [0, 0.05) is 25.2 Å². The van der Waals surface area contributed by atoms with Crippen LogP contribution in [0.2, 0.25) is 0 Å². The van der Waals surface area contributed by atoms with E-state index in [-0.39, 0.29) is 18.0 Å². The van der Waals surface area contributed by atoms with Crippen LogP contribution in [0.1, 0.15) is 10.4 Å². The molecule has 2 aliphatic heterocycles. The number of fused-ring (bicyclic) bond motifs is 1. The van der Waals surface area contributed by atoms with Gasteiger partial charge in [0.2, 0.25) is 0 Å². The molecule has 2 aliphatic rings. The maximum absolute atomic E-state index is 12.8. The Balaban J connectivity index is 1.57. The van der Waals surface area contributed by atoms with E-state index < -0.39 is 0 Å². The third-order valence-corrected chi connectivity index (χ3v) is 4.25. The Morgan fingerprint density at radius 3 is 2.87 bits per heavy atom. The first-order chi connectivity index (χ1) is 11.2. The van der Waals surface area contributed by atoms with Gasteiger partial charge in [0.05, 0.1) is 6.04 Å². The Morgan fingerprint density at radius 1 is 1.22 bits per heavy atom. The normalized spacial score (nSPS) is 20.3. The van der Waals surface area contributed by atoms with Crippen molar-refractivity contribution in [3.8, 4) is 11.3 Å². The second-order valence-electron chi connectivity index (χ2n) is 5.62. The molecule has 1 aromatic heterocycles. The van der Waals surface area contributed by atoms with E-state index in [0.717, 1.165) is 5.56 Å². The lowest BCUT2D eigenvalue weighted by atomic mass is 10.1. The summed E-state index contributed by atoms with van der Waals surface area (Å²) in [4.78, 5) is 27.7. The summed E-state index contributed by atoms with van der Waals surface area (Å²) < 4.78 is 10.1. The molecule has 0 saturated carbocycles. The Bertz CT molecular complexity index is 743. The Kier molecular flexibility index (Phi) is 3.25. The summed E-state index contributed by atoms with van der Waals surface area (Å²) in [6, 6.07) is 9.38. The first kappa shape index (κ1) is 13.8. The van der Waals surface area contributed by atoms with Crippen molar-refractivity contribution >= 4 is 12.0 Å². The zero-order chi connectivity index (χ0) is 15.8. The van der Waals surface area contributed by atoms with Gasteiger partial charge in [-0.1, -0.05) is 35.5 Å². The van der Waals surface area contributed by atoms with Gasteiger partial charge in [0.25, 0.3) is 5.91 Å². The number of aromatic nitrogens is 1. The zero-order valence-corrected chi connectivity index (χ0v) is 12.3. The van der Waals surface area contributed by atoms with Crippen LogP contribution in [0.15, 0.2) is 41.1 Å². The lowest BCUT2D eigenvalue weighted by molar-refractivity contribution is 0.0617. The van der Waals surface area contributed by atoms with Crippen LogP contribution in [-0.2, 0) is 4.74 Å². The molecule has 0 spiro atoms. The second-order valence-corrected chi connectivity index (χ2v) is 5.62. The molecule has 0 aliphatic carbocycles. The minimum absolute atomic E-state index is 0.0692. The summed E-state index contributed by atoms with van der Waals surface area (Å²) in [6.45, 7) is 1.76. The predicted octanol–water partition coefficient (Wildman–Crippen LogP) is 1.62. The number of carbonyl (C=O) groups excluding carboxylic acids is 2. The lowest BCUT2D eigenvalue weighted by Crippen LogP contribution is -2.53. The largest absolute Gasteiger partial charge is 0.447 e. The third kappa shape index (κ3) is 2.34. The smallest absolute Gasteiger partial charge is 0.410 e. The fourth-order valence-electron chi connectivity index (χ4n) is 3.04. The fourth-order valence-corrected chi connectivity index (χ4v) is 3.04. The van der Waals surface area contributed by atoms with Crippen molar-refractivity contribution in [1.82, 2.24) is 15.0 Å². The second kappa shape index (κ2) is 5.42. The molecular weight excluding hydrogens is 298 g/mol. The van der Waals surface area contributed by atoms with E-state index in [2.05, 4.69) is 5.16 Å². The number of cyclic esters (lactones) is 1. The topological polar surface area (TPSA) is 75.9 Å². The van der Waals surface area contributed by atoms with Crippen molar-refractivity contribution in [2.75, 3.05) is 26.2 Å². The third-order valence-electron chi connectivity index (χ3n) is 4.25. The molecule has 4 rings (SSSR count). The van der Waals surface area contributed by atoms with Crippen molar-refractivity contribution in [1.29, 1.82) is 0 Å². The standard InChI is InChI=1S/C16H15N3O4/c20-15(18-6-7-19-12(8-18)9-22-16(19)21)13-10-23-17-14(13)11-4-2-1-3-5-11/h1-5,10,12H,6-9H2. The summed E-state index contributed by atoms with van der Waals surface area (Å²) in [7, 11) is 0. The number of hydrogen-bond acceptors (Lipinski definition) is 5. The van der Waals surface area contributed by atoms with Crippen molar-refractivity contribution in [2.24, 2.45) is 0 Å². The number of hydrogen-bond donors (Lipinski definition) is 0. The molecule has 2 aromatic rings. The quantitative estimate of drug-likeness (QED) is 0.842. The van der Waals surface area contributed by atoms with Gasteiger partial charge in [0.1, 0.15) is 24.1 Å². The Labute approximate surface area is 132 Å². The minimum atomic E-state index is -0.294. The molecule has 1 atom stereocenters. The SMILES string of the molecule is O=C(c1conc1-c1ccccc1)N1CCN2C(=O)OCC2C1. The van der Waals surface area contributed by atoms with Crippen LogP contribution >= 0.6 is 0 Å². The lowest BCUT2D eigenvalue weighted by Gasteiger charge is -2.35. The Morgan fingerprint density at radius 2 is 2.04 bits per heavy atom. The minimum Gasteiger partial charge on any atom is -0.447 e. The molecule has 1 aromatic carbocycles. The van der Waals surface area contributed by atoms with Crippen molar-refractivity contribution < 1.29 is 18.8 Å². The highest BCUT2D eigenvalue weighted by Crippen LogP contribution is 2.25. The van der Waals surface area contributed by atoms with Crippen LogP contribution < -0.4 is 0 Å². The highest BCUT2D eigenvalue weighted by atomic mass is 16.6. The molecule has 0 N–H and O–H groups in total. The first-order valence-corrected chi connectivity index (χ1v) is 7.46. The molecular formula is C16H15N3O4. The predicted molar refractivity (Wildman–Crippen MR) is 79.7 cm³/mol. The number of nitrogens with zero attached hydrogens (tertiary/aromatic N) is 3. The van der Waals surface area contributed by atoms with Gasteiger partial charge in [-0.2, -0.15) is 0 Å². The number of piperazine rings is 1. The summed E-state index contributed by atoms with van der Waals surface area (Å²) in [5.41, 5.74) is 1.81. The molecule has 2 fully saturated rings. The molecule has 0 bridgehead atoms. The van der Waals surface area contributed by atoms with Gasteiger partial charge in [-0.3, -0.25) is 9.69 Å². The van der Waals surface area contributed by atoms with E-state index in [4.69, 9.17) is 9.26 Å². The Hall–Kier alpha value is -2.83. The van der Waals surface area contributed by atoms with Gasteiger partial charge in [0.15, 0.2) is 0 Å². The average Bonchev–Trinajstić information content (AvgIpc) is 3.22. The summed E-state index contributed by atoms with van der Waals surface area (Å²) in [5.74, 6) is -0.135. The number of amides is 2. The van der Waals surface area contributed by atoms with Crippen molar-refractivity contribution in [3.63, 3.8) is 0 Å². The van der Waals surface area contributed by atoms with Crippen LogP contribution in [0.4, 0.5) is 4.79 Å². The van der Waals surface area contributed by atoms with Gasteiger partial charge < -0.3 is 14.2 Å². The molecule has 7 nitrogen and oxygen atoms in total. The van der Waals surface area contributed by atoms with Crippen LogP contribution in [0, 0.1) is 0 Å². The van der Waals surface area contributed by atoms with E-state index in [1.54, 1.807) is 9.80 Å². The van der Waals surface area contributed by atoms with Crippen LogP contribution in [0.5, 0.6) is 0 Å². The highest BCUT2D eigenvalue weighted by Gasteiger charge is 2.39. The van der Waals surface area contributed by atoms with Gasteiger partial charge >= 0.3 is 6.09 Å². The van der Waals surface area contributed by atoms with Crippen molar-refractivity contribution in [3.05, 3.63) is 42.2 Å². The van der Waals surface area contributed by atoms with E-state index in [1.165, 1.54) is 6.26 Å². The molecule has 23 heavy (non-hydrogen) atoms. The highest BCUT2D eigenvalue weighted by molar-refractivity contribution is 5.99. The zero-order valence-electron chi connectivity index (χ0n) is 12.3. The molecule has 0 radical (unpaired) electrons. The molecule has 2 amide bonds. The molecule has 7 heteroatoms. The number of benzene rings is 1.